The number of benzene rings is 2. The minimum Gasteiger partial charge on any atom is -0.487 e. The van der Waals surface area contributed by atoms with E-state index in [-0.39, 0.29) is 0 Å². The van der Waals surface area contributed by atoms with E-state index in [0.29, 0.717) is 28.9 Å². The summed E-state index contributed by atoms with van der Waals surface area (Å²) in [4.78, 5) is 1.14. The number of rotatable bonds is 4. The first-order chi connectivity index (χ1) is 10.2. The lowest BCUT2D eigenvalue weighted by Crippen LogP contribution is -2.02. The molecule has 0 aliphatic rings. The Kier molecular flexibility index (Phi) is 4.36. The second-order valence-corrected chi connectivity index (χ2v) is 6.55. The SMILES string of the molecule is NCc1sc2ccccc2c1COc1ccc(Cl)cc1Cl. The minimum absolute atomic E-state index is 0.442. The highest BCUT2D eigenvalue weighted by atomic mass is 35.5. The van der Waals surface area contributed by atoms with Gasteiger partial charge in [0.25, 0.3) is 0 Å². The van der Waals surface area contributed by atoms with E-state index in [0.717, 1.165) is 10.4 Å². The largest absolute Gasteiger partial charge is 0.487 e. The summed E-state index contributed by atoms with van der Waals surface area (Å²) >= 11 is 13.7. The van der Waals surface area contributed by atoms with Crippen LogP contribution in [0.5, 0.6) is 5.75 Å². The highest BCUT2D eigenvalue weighted by molar-refractivity contribution is 7.19. The molecular weight excluding hydrogens is 325 g/mol. The van der Waals surface area contributed by atoms with Crippen LogP contribution in [0.15, 0.2) is 42.5 Å². The average Bonchev–Trinajstić information content (AvgIpc) is 2.84. The third-order valence-corrected chi connectivity index (χ3v) is 5.00. The van der Waals surface area contributed by atoms with E-state index in [1.807, 2.05) is 12.1 Å². The van der Waals surface area contributed by atoms with Gasteiger partial charge in [-0.3, -0.25) is 0 Å². The molecule has 1 heterocycles. The van der Waals surface area contributed by atoms with E-state index < -0.39 is 0 Å². The van der Waals surface area contributed by atoms with Crippen LogP contribution in [0.4, 0.5) is 0 Å². The normalized spacial score (nSPS) is 11.0. The van der Waals surface area contributed by atoms with Gasteiger partial charge >= 0.3 is 0 Å². The number of thiophene rings is 1. The Morgan fingerprint density at radius 3 is 2.67 bits per heavy atom. The maximum atomic E-state index is 6.13. The minimum atomic E-state index is 0.442. The van der Waals surface area contributed by atoms with Gasteiger partial charge in [0, 0.05) is 26.7 Å². The van der Waals surface area contributed by atoms with Crippen molar-refractivity contribution in [1.29, 1.82) is 0 Å². The monoisotopic (exact) mass is 337 g/mol. The molecule has 0 amide bonds. The zero-order valence-electron chi connectivity index (χ0n) is 11.1. The molecule has 21 heavy (non-hydrogen) atoms. The summed E-state index contributed by atoms with van der Waals surface area (Å²) in [7, 11) is 0. The van der Waals surface area contributed by atoms with Crippen LogP contribution in [0.1, 0.15) is 10.4 Å². The maximum absolute atomic E-state index is 6.13. The summed E-state index contributed by atoms with van der Waals surface area (Å²) in [5, 5.41) is 2.29. The Morgan fingerprint density at radius 2 is 1.90 bits per heavy atom. The lowest BCUT2D eigenvalue weighted by atomic mass is 10.1. The number of hydrogen-bond donors (Lipinski definition) is 1. The molecule has 0 bridgehead atoms. The van der Waals surface area contributed by atoms with Crippen LogP contribution in [0.25, 0.3) is 10.1 Å². The van der Waals surface area contributed by atoms with Gasteiger partial charge in [0.1, 0.15) is 12.4 Å². The molecule has 3 rings (SSSR count). The lowest BCUT2D eigenvalue weighted by Gasteiger charge is -2.09. The smallest absolute Gasteiger partial charge is 0.138 e. The molecule has 0 radical (unpaired) electrons. The molecule has 2 nitrogen and oxygen atoms in total. The van der Waals surface area contributed by atoms with Crippen LogP contribution < -0.4 is 10.5 Å². The topological polar surface area (TPSA) is 35.2 Å². The molecule has 0 aliphatic heterocycles. The van der Waals surface area contributed by atoms with Crippen molar-refractivity contribution in [2.75, 3.05) is 0 Å². The van der Waals surface area contributed by atoms with E-state index in [1.165, 1.54) is 10.1 Å². The molecule has 0 unspecified atom stereocenters. The molecule has 0 atom stereocenters. The first-order valence-corrected chi connectivity index (χ1v) is 8.03. The summed E-state index contributed by atoms with van der Waals surface area (Å²) in [6, 6.07) is 13.5. The first-order valence-electron chi connectivity index (χ1n) is 6.46. The second-order valence-electron chi connectivity index (χ2n) is 4.57. The van der Waals surface area contributed by atoms with Crippen LogP contribution in [0.3, 0.4) is 0 Å². The number of hydrogen-bond acceptors (Lipinski definition) is 3. The van der Waals surface area contributed by atoms with E-state index >= 15 is 0 Å². The van der Waals surface area contributed by atoms with Crippen molar-refractivity contribution < 1.29 is 4.74 Å². The average molecular weight is 338 g/mol. The number of ether oxygens (including phenoxy) is 1. The lowest BCUT2D eigenvalue weighted by molar-refractivity contribution is 0.307. The van der Waals surface area contributed by atoms with Crippen LogP contribution in [0, 0.1) is 0 Å². The zero-order chi connectivity index (χ0) is 14.8. The van der Waals surface area contributed by atoms with Crippen molar-refractivity contribution in [3.63, 3.8) is 0 Å². The number of fused-ring (bicyclic) bond motifs is 1. The van der Waals surface area contributed by atoms with Gasteiger partial charge in [-0.2, -0.15) is 0 Å². The Bertz CT molecular complexity index is 785. The van der Waals surface area contributed by atoms with Crippen molar-refractivity contribution in [3.05, 3.63) is 63.0 Å². The highest BCUT2D eigenvalue weighted by Crippen LogP contribution is 2.33. The Labute approximate surface area is 137 Å². The summed E-state index contributed by atoms with van der Waals surface area (Å²) in [6.45, 7) is 0.949. The van der Waals surface area contributed by atoms with E-state index in [1.54, 1.807) is 29.5 Å². The molecule has 3 aromatic rings. The Hall–Kier alpha value is -1.26. The van der Waals surface area contributed by atoms with Crippen molar-refractivity contribution in [2.24, 2.45) is 5.73 Å². The van der Waals surface area contributed by atoms with E-state index in [4.69, 9.17) is 33.7 Å². The molecule has 0 saturated heterocycles. The maximum Gasteiger partial charge on any atom is 0.138 e. The fourth-order valence-electron chi connectivity index (χ4n) is 2.21. The molecule has 1 aromatic heterocycles. The summed E-state index contributed by atoms with van der Waals surface area (Å²) in [5.74, 6) is 0.624. The van der Waals surface area contributed by atoms with Gasteiger partial charge in [-0.05, 0) is 29.7 Å². The van der Waals surface area contributed by atoms with Crippen LogP contribution in [-0.4, -0.2) is 0 Å². The van der Waals surface area contributed by atoms with Gasteiger partial charge < -0.3 is 10.5 Å². The third kappa shape index (κ3) is 3.01. The molecule has 0 fully saturated rings. The van der Waals surface area contributed by atoms with Gasteiger partial charge in [0.05, 0.1) is 5.02 Å². The molecule has 2 aromatic carbocycles. The standard InChI is InChI=1S/C16H13Cl2NOS/c17-10-5-6-14(13(18)7-10)20-9-12-11-3-1-2-4-15(11)21-16(12)8-19/h1-7H,8-9,19H2. The third-order valence-electron chi connectivity index (χ3n) is 3.23. The van der Waals surface area contributed by atoms with Crippen LogP contribution >= 0.6 is 34.5 Å². The molecule has 0 spiro atoms. The zero-order valence-corrected chi connectivity index (χ0v) is 13.4. The van der Waals surface area contributed by atoms with Gasteiger partial charge in [0.15, 0.2) is 0 Å². The fourth-order valence-corrected chi connectivity index (χ4v) is 3.77. The molecule has 5 heteroatoms. The second kappa shape index (κ2) is 6.24. The molecule has 108 valence electrons. The van der Waals surface area contributed by atoms with E-state index in [2.05, 4.69) is 12.1 Å². The van der Waals surface area contributed by atoms with Gasteiger partial charge in [0.2, 0.25) is 0 Å². The quantitative estimate of drug-likeness (QED) is 0.705. The summed E-state index contributed by atoms with van der Waals surface area (Å²) in [5.41, 5.74) is 6.97. The van der Waals surface area contributed by atoms with Crippen molar-refractivity contribution in [3.8, 4) is 5.75 Å². The van der Waals surface area contributed by atoms with Crippen molar-refractivity contribution in [1.82, 2.24) is 0 Å². The van der Waals surface area contributed by atoms with Crippen LogP contribution in [0.2, 0.25) is 10.0 Å². The Morgan fingerprint density at radius 1 is 1.10 bits per heavy atom. The molecular formula is C16H13Cl2NOS. The van der Waals surface area contributed by atoms with Gasteiger partial charge in [-0.1, -0.05) is 41.4 Å². The van der Waals surface area contributed by atoms with Gasteiger partial charge in [-0.15, -0.1) is 11.3 Å². The first kappa shape index (κ1) is 14.7. The summed E-state index contributed by atoms with van der Waals surface area (Å²) in [6.07, 6.45) is 0. The number of halogens is 2. The van der Waals surface area contributed by atoms with Crippen molar-refractivity contribution in [2.45, 2.75) is 13.2 Å². The summed E-state index contributed by atoms with van der Waals surface area (Å²) < 4.78 is 7.07. The molecule has 0 saturated carbocycles. The molecule has 2 N–H and O–H groups in total. The fraction of sp³-hybridized carbons (Fsp3) is 0.125. The predicted octanol–water partition coefficient (Wildman–Crippen LogP) is 5.25. The van der Waals surface area contributed by atoms with Crippen molar-refractivity contribution >= 4 is 44.6 Å². The van der Waals surface area contributed by atoms with Crippen LogP contribution in [-0.2, 0) is 13.2 Å². The van der Waals surface area contributed by atoms with E-state index in [9.17, 15) is 0 Å². The molecule has 0 aliphatic carbocycles. The Balaban J connectivity index is 1.91. The highest BCUT2D eigenvalue weighted by Gasteiger charge is 2.12. The predicted molar refractivity (Wildman–Crippen MR) is 90.5 cm³/mol. The number of nitrogens with two attached hydrogens (primary N) is 1. The van der Waals surface area contributed by atoms with Gasteiger partial charge in [-0.25, -0.2) is 0 Å².